The van der Waals surface area contributed by atoms with Crippen molar-refractivity contribution in [2.24, 2.45) is 11.3 Å². The highest BCUT2D eigenvalue weighted by Gasteiger charge is 2.25. The van der Waals surface area contributed by atoms with Crippen molar-refractivity contribution in [2.75, 3.05) is 32.5 Å². The molecule has 1 fully saturated rings. The fourth-order valence-electron chi connectivity index (χ4n) is 3.24. The summed E-state index contributed by atoms with van der Waals surface area (Å²) in [7, 11) is 4.22. The molecule has 1 saturated carbocycles. The van der Waals surface area contributed by atoms with Gasteiger partial charge in [0.2, 0.25) is 0 Å². The Morgan fingerprint density at radius 2 is 2.12 bits per heavy atom. The average Bonchev–Trinajstić information content (AvgIpc) is 3.24. The maximum absolute atomic E-state index is 4.70. The van der Waals surface area contributed by atoms with Crippen LogP contribution >= 0.6 is 0 Å². The van der Waals surface area contributed by atoms with E-state index in [1.54, 1.807) is 0 Å². The van der Waals surface area contributed by atoms with E-state index in [2.05, 4.69) is 55.8 Å². The van der Waals surface area contributed by atoms with Gasteiger partial charge >= 0.3 is 0 Å². The molecule has 1 aliphatic carbocycles. The SMILES string of the molecule is C=C(Cc1nc2cccc(NCC(C)(C)CN(C)C)n2n1)C1CC1. The summed E-state index contributed by atoms with van der Waals surface area (Å²) in [4.78, 5) is 6.88. The molecule has 0 atom stereocenters. The third-order valence-corrected chi connectivity index (χ3v) is 4.44. The van der Waals surface area contributed by atoms with E-state index in [0.717, 1.165) is 36.8 Å². The number of pyridine rings is 1. The number of nitrogens with one attached hydrogen (secondary N) is 1. The van der Waals surface area contributed by atoms with Crippen molar-refractivity contribution in [3.8, 4) is 0 Å². The van der Waals surface area contributed by atoms with Gasteiger partial charge in [-0.25, -0.2) is 4.98 Å². The Kier molecular flexibility index (Phi) is 4.63. The van der Waals surface area contributed by atoms with E-state index in [-0.39, 0.29) is 5.41 Å². The summed E-state index contributed by atoms with van der Waals surface area (Å²) in [5.41, 5.74) is 2.34. The van der Waals surface area contributed by atoms with Crippen LogP contribution in [0.4, 0.5) is 5.82 Å². The van der Waals surface area contributed by atoms with E-state index in [1.807, 2.05) is 16.6 Å². The van der Waals surface area contributed by atoms with Crippen LogP contribution in [-0.2, 0) is 6.42 Å². The van der Waals surface area contributed by atoms with Crippen LogP contribution in [0.5, 0.6) is 0 Å². The van der Waals surface area contributed by atoms with E-state index in [0.29, 0.717) is 5.92 Å². The molecule has 0 unspecified atom stereocenters. The number of fused-ring (bicyclic) bond motifs is 1. The first-order chi connectivity index (χ1) is 11.3. The summed E-state index contributed by atoms with van der Waals surface area (Å²) in [6, 6.07) is 6.10. The molecule has 2 aromatic heterocycles. The molecule has 24 heavy (non-hydrogen) atoms. The Morgan fingerprint density at radius 3 is 2.79 bits per heavy atom. The Morgan fingerprint density at radius 1 is 1.38 bits per heavy atom. The molecule has 0 spiro atoms. The molecule has 3 rings (SSSR count). The molecule has 0 aromatic carbocycles. The summed E-state index contributed by atoms with van der Waals surface area (Å²) < 4.78 is 1.92. The highest BCUT2D eigenvalue weighted by molar-refractivity contribution is 5.49. The first-order valence-electron chi connectivity index (χ1n) is 8.75. The van der Waals surface area contributed by atoms with Gasteiger partial charge in [0.15, 0.2) is 11.5 Å². The molecule has 2 aromatic rings. The molecule has 2 heterocycles. The van der Waals surface area contributed by atoms with E-state index in [4.69, 9.17) is 5.10 Å². The molecule has 0 radical (unpaired) electrons. The third-order valence-electron chi connectivity index (χ3n) is 4.44. The second kappa shape index (κ2) is 6.55. The second-order valence-corrected chi connectivity index (χ2v) is 8.07. The number of rotatable bonds is 8. The normalized spacial score (nSPS) is 15.2. The molecule has 0 aliphatic heterocycles. The summed E-state index contributed by atoms with van der Waals surface area (Å²) in [5, 5.41) is 8.24. The molecule has 0 saturated heterocycles. The molecule has 5 heteroatoms. The fourth-order valence-corrected chi connectivity index (χ4v) is 3.24. The van der Waals surface area contributed by atoms with Crippen molar-refractivity contribution in [1.29, 1.82) is 0 Å². The summed E-state index contributed by atoms with van der Waals surface area (Å²) >= 11 is 0. The largest absolute Gasteiger partial charge is 0.369 e. The minimum atomic E-state index is 0.176. The first-order valence-corrected chi connectivity index (χ1v) is 8.75. The lowest BCUT2D eigenvalue weighted by atomic mass is 9.93. The average molecular weight is 327 g/mol. The van der Waals surface area contributed by atoms with Crippen molar-refractivity contribution in [2.45, 2.75) is 33.1 Å². The molecular weight excluding hydrogens is 298 g/mol. The van der Waals surface area contributed by atoms with E-state index >= 15 is 0 Å². The van der Waals surface area contributed by atoms with Crippen LogP contribution < -0.4 is 5.32 Å². The maximum atomic E-state index is 4.70. The van der Waals surface area contributed by atoms with Gasteiger partial charge in [-0.1, -0.05) is 32.1 Å². The minimum absolute atomic E-state index is 0.176. The smallest absolute Gasteiger partial charge is 0.158 e. The zero-order valence-electron chi connectivity index (χ0n) is 15.3. The zero-order valence-corrected chi connectivity index (χ0v) is 15.3. The van der Waals surface area contributed by atoms with E-state index in [1.165, 1.54) is 18.4 Å². The molecule has 0 bridgehead atoms. The van der Waals surface area contributed by atoms with Crippen LogP contribution in [0.25, 0.3) is 5.65 Å². The predicted octanol–water partition coefficient (Wildman–Crippen LogP) is 3.24. The van der Waals surface area contributed by atoms with Crippen molar-refractivity contribution >= 4 is 11.5 Å². The fraction of sp³-hybridized carbons (Fsp3) is 0.579. The topological polar surface area (TPSA) is 45.5 Å². The number of hydrogen-bond donors (Lipinski definition) is 1. The molecule has 1 aliphatic rings. The van der Waals surface area contributed by atoms with Gasteiger partial charge in [-0.2, -0.15) is 4.52 Å². The highest BCUT2D eigenvalue weighted by atomic mass is 15.3. The minimum Gasteiger partial charge on any atom is -0.369 e. The Bertz CT molecular complexity index is 724. The summed E-state index contributed by atoms with van der Waals surface area (Å²) in [5.74, 6) is 2.56. The van der Waals surface area contributed by atoms with Gasteiger partial charge in [0, 0.05) is 19.5 Å². The number of nitrogens with zero attached hydrogens (tertiary/aromatic N) is 4. The van der Waals surface area contributed by atoms with Crippen LogP contribution in [0, 0.1) is 11.3 Å². The quantitative estimate of drug-likeness (QED) is 0.756. The van der Waals surface area contributed by atoms with Gasteiger partial charge in [-0.3, -0.25) is 0 Å². The van der Waals surface area contributed by atoms with Crippen LogP contribution in [0.3, 0.4) is 0 Å². The van der Waals surface area contributed by atoms with Gasteiger partial charge < -0.3 is 10.2 Å². The van der Waals surface area contributed by atoms with Crippen LogP contribution in [0.2, 0.25) is 0 Å². The van der Waals surface area contributed by atoms with Crippen molar-refractivity contribution in [3.63, 3.8) is 0 Å². The zero-order chi connectivity index (χ0) is 17.3. The second-order valence-electron chi connectivity index (χ2n) is 8.07. The lowest BCUT2D eigenvalue weighted by Gasteiger charge is -2.28. The first kappa shape index (κ1) is 17.0. The maximum Gasteiger partial charge on any atom is 0.158 e. The monoisotopic (exact) mass is 327 g/mol. The highest BCUT2D eigenvalue weighted by Crippen LogP contribution is 2.36. The van der Waals surface area contributed by atoms with Crippen molar-refractivity contribution in [1.82, 2.24) is 19.5 Å². The van der Waals surface area contributed by atoms with Gasteiger partial charge in [-0.05, 0) is 50.4 Å². The number of hydrogen-bond acceptors (Lipinski definition) is 4. The molecule has 5 nitrogen and oxygen atoms in total. The Balaban J connectivity index is 1.73. The molecule has 130 valence electrons. The van der Waals surface area contributed by atoms with E-state index in [9.17, 15) is 0 Å². The summed E-state index contributed by atoms with van der Waals surface area (Å²) in [6.07, 6.45) is 3.35. The van der Waals surface area contributed by atoms with Crippen LogP contribution in [0.1, 0.15) is 32.5 Å². The van der Waals surface area contributed by atoms with Crippen LogP contribution in [-0.4, -0.2) is 46.7 Å². The molecule has 1 N–H and O–H groups in total. The van der Waals surface area contributed by atoms with E-state index < -0.39 is 0 Å². The predicted molar refractivity (Wildman–Crippen MR) is 99.4 cm³/mol. The molecule has 0 amide bonds. The summed E-state index contributed by atoms with van der Waals surface area (Å²) in [6.45, 7) is 10.6. The van der Waals surface area contributed by atoms with Crippen molar-refractivity contribution in [3.05, 3.63) is 36.2 Å². The lowest BCUT2D eigenvalue weighted by molar-refractivity contribution is 0.254. The van der Waals surface area contributed by atoms with Gasteiger partial charge in [-0.15, -0.1) is 5.10 Å². The van der Waals surface area contributed by atoms with Gasteiger partial charge in [0.25, 0.3) is 0 Å². The lowest BCUT2D eigenvalue weighted by Crippen LogP contribution is -2.34. The number of aromatic nitrogens is 3. The van der Waals surface area contributed by atoms with Crippen LogP contribution in [0.15, 0.2) is 30.4 Å². The Labute approximate surface area is 144 Å². The standard InChI is InChI=1S/C19H29N5/c1-14(15-9-10-15)11-16-21-18-8-6-7-17(24(18)22-16)20-12-19(2,3)13-23(4)5/h6-8,15,20H,1,9-13H2,2-5H3. The van der Waals surface area contributed by atoms with Crippen molar-refractivity contribution < 1.29 is 0 Å². The van der Waals surface area contributed by atoms with Gasteiger partial charge in [0.1, 0.15) is 5.82 Å². The molecular formula is C19H29N5. The third kappa shape index (κ3) is 4.15. The number of allylic oxidation sites excluding steroid dienone is 1. The van der Waals surface area contributed by atoms with Gasteiger partial charge in [0.05, 0.1) is 0 Å². The number of anilines is 1. The Hall–Kier alpha value is -1.88.